The molecular formula is C6H12N2OS. The van der Waals surface area contributed by atoms with Crippen molar-refractivity contribution in [2.45, 2.75) is 12.5 Å². The summed E-state index contributed by atoms with van der Waals surface area (Å²) in [7, 11) is 0. The fraction of sp³-hybridized carbons (Fsp3) is 0.833. The van der Waals surface area contributed by atoms with Crippen LogP contribution in [0, 0.1) is 0 Å². The Morgan fingerprint density at radius 3 is 2.90 bits per heavy atom. The highest BCUT2D eigenvalue weighted by molar-refractivity contribution is 7.81. The van der Waals surface area contributed by atoms with E-state index in [0.29, 0.717) is 6.04 Å². The first kappa shape index (κ1) is 7.88. The number of rotatable bonds is 3. The van der Waals surface area contributed by atoms with Crippen molar-refractivity contribution in [1.82, 2.24) is 10.6 Å². The molecule has 1 heterocycles. The summed E-state index contributed by atoms with van der Waals surface area (Å²) in [6, 6.07) is 0.504. The Labute approximate surface area is 66.0 Å². The molecule has 0 bridgehead atoms. The average molecular weight is 160 g/mol. The van der Waals surface area contributed by atoms with Crippen molar-refractivity contribution in [2.75, 3.05) is 18.8 Å². The van der Waals surface area contributed by atoms with Crippen molar-refractivity contribution in [3.8, 4) is 0 Å². The van der Waals surface area contributed by atoms with E-state index in [1.165, 1.54) is 6.42 Å². The first-order valence-corrected chi connectivity index (χ1v) is 4.07. The number of amides is 1. The van der Waals surface area contributed by atoms with Crippen LogP contribution in [0.3, 0.4) is 0 Å². The molecule has 58 valence electrons. The van der Waals surface area contributed by atoms with E-state index in [-0.39, 0.29) is 11.7 Å². The van der Waals surface area contributed by atoms with Gasteiger partial charge in [0.1, 0.15) is 0 Å². The third-order valence-electron chi connectivity index (χ3n) is 1.62. The molecule has 1 atom stereocenters. The predicted molar refractivity (Wildman–Crippen MR) is 43.3 cm³/mol. The van der Waals surface area contributed by atoms with E-state index in [0.717, 1.165) is 13.1 Å². The second-order valence-electron chi connectivity index (χ2n) is 2.40. The van der Waals surface area contributed by atoms with Gasteiger partial charge in [-0.05, 0) is 13.0 Å². The standard InChI is InChI=1S/C6H12N2OS/c9-6(4-10)8-3-5-1-2-7-5/h5,7,10H,1-4H2,(H,8,9). The second kappa shape index (κ2) is 3.83. The Hall–Kier alpha value is -0.220. The van der Waals surface area contributed by atoms with Crippen LogP contribution in [-0.2, 0) is 4.79 Å². The van der Waals surface area contributed by atoms with Gasteiger partial charge in [-0.2, -0.15) is 12.6 Å². The fourth-order valence-electron chi connectivity index (χ4n) is 0.816. The van der Waals surface area contributed by atoms with Gasteiger partial charge in [0.15, 0.2) is 0 Å². The summed E-state index contributed by atoms with van der Waals surface area (Å²) in [5, 5.41) is 5.94. The maximum atomic E-state index is 10.6. The number of carbonyl (C=O) groups is 1. The molecule has 1 aliphatic heterocycles. The molecule has 2 N–H and O–H groups in total. The van der Waals surface area contributed by atoms with Crippen LogP contribution in [0.15, 0.2) is 0 Å². The molecule has 4 heteroatoms. The lowest BCUT2D eigenvalue weighted by molar-refractivity contribution is -0.118. The van der Waals surface area contributed by atoms with E-state index in [1.807, 2.05) is 0 Å². The summed E-state index contributed by atoms with van der Waals surface area (Å²) < 4.78 is 0. The lowest BCUT2D eigenvalue weighted by Crippen LogP contribution is -2.50. The van der Waals surface area contributed by atoms with Gasteiger partial charge in [0, 0.05) is 12.6 Å². The van der Waals surface area contributed by atoms with Gasteiger partial charge >= 0.3 is 0 Å². The molecular weight excluding hydrogens is 148 g/mol. The zero-order valence-corrected chi connectivity index (χ0v) is 6.66. The average Bonchev–Trinajstić information content (AvgIpc) is 1.84. The van der Waals surface area contributed by atoms with Crippen molar-refractivity contribution in [3.63, 3.8) is 0 Å². The minimum atomic E-state index is 0.0111. The van der Waals surface area contributed by atoms with Gasteiger partial charge in [0.05, 0.1) is 5.75 Å². The van der Waals surface area contributed by atoms with Crippen molar-refractivity contribution >= 4 is 18.5 Å². The van der Waals surface area contributed by atoms with E-state index in [9.17, 15) is 4.79 Å². The lowest BCUT2D eigenvalue weighted by atomic mass is 10.1. The topological polar surface area (TPSA) is 41.1 Å². The fourth-order valence-corrected chi connectivity index (χ4v) is 0.927. The Kier molecular flexibility index (Phi) is 3.02. The van der Waals surface area contributed by atoms with Gasteiger partial charge in [-0.1, -0.05) is 0 Å². The highest BCUT2D eigenvalue weighted by Gasteiger charge is 2.15. The molecule has 0 aromatic rings. The summed E-state index contributed by atoms with van der Waals surface area (Å²) in [4.78, 5) is 10.6. The Bertz CT molecular complexity index is 125. The summed E-state index contributed by atoms with van der Waals surface area (Å²) in [5.74, 6) is 0.296. The third kappa shape index (κ3) is 2.19. The SMILES string of the molecule is O=C(CS)NCC1CCN1. The Balaban J connectivity index is 1.98. The van der Waals surface area contributed by atoms with Crippen LogP contribution in [0.1, 0.15) is 6.42 Å². The Morgan fingerprint density at radius 1 is 1.80 bits per heavy atom. The molecule has 0 aromatic carbocycles. The van der Waals surface area contributed by atoms with Crippen LogP contribution in [0.4, 0.5) is 0 Å². The lowest BCUT2D eigenvalue weighted by Gasteiger charge is -2.27. The largest absolute Gasteiger partial charge is 0.354 e. The molecule has 1 amide bonds. The molecule has 10 heavy (non-hydrogen) atoms. The number of carbonyl (C=O) groups excluding carboxylic acids is 1. The highest BCUT2D eigenvalue weighted by Crippen LogP contribution is 1.98. The van der Waals surface area contributed by atoms with Crippen LogP contribution in [0.5, 0.6) is 0 Å². The van der Waals surface area contributed by atoms with Gasteiger partial charge < -0.3 is 10.6 Å². The normalized spacial score (nSPS) is 23.5. The first-order chi connectivity index (χ1) is 4.83. The van der Waals surface area contributed by atoms with E-state index < -0.39 is 0 Å². The van der Waals surface area contributed by atoms with Crippen LogP contribution < -0.4 is 10.6 Å². The molecule has 1 aliphatic rings. The van der Waals surface area contributed by atoms with Gasteiger partial charge in [0.2, 0.25) is 5.91 Å². The summed E-state index contributed by atoms with van der Waals surface area (Å²) >= 11 is 3.83. The van der Waals surface area contributed by atoms with Crippen LogP contribution in [-0.4, -0.2) is 30.8 Å². The smallest absolute Gasteiger partial charge is 0.229 e. The van der Waals surface area contributed by atoms with Crippen LogP contribution in [0.2, 0.25) is 0 Å². The minimum absolute atomic E-state index is 0.0111. The van der Waals surface area contributed by atoms with E-state index >= 15 is 0 Å². The van der Waals surface area contributed by atoms with Crippen molar-refractivity contribution < 1.29 is 4.79 Å². The maximum absolute atomic E-state index is 10.6. The van der Waals surface area contributed by atoms with Gasteiger partial charge in [-0.25, -0.2) is 0 Å². The van der Waals surface area contributed by atoms with Crippen molar-refractivity contribution in [2.24, 2.45) is 0 Å². The molecule has 1 rings (SSSR count). The molecule has 0 spiro atoms. The summed E-state index contributed by atoms with van der Waals surface area (Å²) in [6.45, 7) is 1.83. The summed E-state index contributed by atoms with van der Waals surface area (Å²) in [6.07, 6.45) is 1.17. The van der Waals surface area contributed by atoms with Crippen molar-refractivity contribution in [3.05, 3.63) is 0 Å². The number of thiol groups is 1. The second-order valence-corrected chi connectivity index (χ2v) is 2.72. The monoisotopic (exact) mass is 160 g/mol. The molecule has 0 saturated carbocycles. The van der Waals surface area contributed by atoms with Gasteiger partial charge in [-0.15, -0.1) is 0 Å². The zero-order chi connectivity index (χ0) is 7.40. The molecule has 1 unspecified atom stereocenters. The zero-order valence-electron chi connectivity index (χ0n) is 5.76. The molecule has 1 fully saturated rings. The third-order valence-corrected chi connectivity index (χ3v) is 1.90. The minimum Gasteiger partial charge on any atom is -0.354 e. The number of nitrogens with one attached hydrogen (secondary N) is 2. The van der Waals surface area contributed by atoms with Gasteiger partial charge in [0.25, 0.3) is 0 Å². The van der Waals surface area contributed by atoms with Crippen LogP contribution >= 0.6 is 12.6 Å². The van der Waals surface area contributed by atoms with E-state index in [2.05, 4.69) is 23.3 Å². The quantitative estimate of drug-likeness (QED) is 0.482. The number of hydrogen-bond donors (Lipinski definition) is 3. The van der Waals surface area contributed by atoms with Gasteiger partial charge in [-0.3, -0.25) is 4.79 Å². The van der Waals surface area contributed by atoms with E-state index in [4.69, 9.17) is 0 Å². The molecule has 1 saturated heterocycles. The first-order valence-electron chi connectivity index (χ1n) is 3.44. The predicted octanol–water partition coefficient (Wildman–Crippen LogP) is -0.606. The van der Waals surface area contributed by atoms with Crippen molar-refractivity contribution in [1.29, 1.82) is 0 Å². The highest BCUT2D eigenvalue weighted by atomic mass is 32.1. The Morgan fingerprint density at radius 2 is 2.50 bits per heavy atom. The van der Waals surface area contributed by atoms with Crippen LogP contribution in [0.25, 0.3) is 0 Å². The molecule has 0 aliphatic carbocycles. The molecule has 3 nitrogen and oxygen atoms in total. The molecule has 0 aromatic heterocycles. The van der Waals surface area contributed by atoms with E-state index in [1.54, 1.807) is 0 Å². The number of hydrogen-bond acceptors (Lipinski definition) is 3. The molecule has 0 radical (unpaired) electrons. The summed E-state index contributed by atoms with van der Waals surface area (Å²) in [5.41, 5.74) is 0. The maximum Gasteiger partial charge on any atom is 0.229 e.